The second kappa shape index (κ2) is 12.6. The molecule has 0 aromatic rings. The van der Waals surface area contributed by atoms with E-state index in [2.05, 4.69) is 19.1 Å². The zero-order valence-electron chi connectivity index (χ0n) is 19.5. The number of carbonyl (C=O) groups excluding carboxylic acids is 2. The third kappa shape index (κ3) is 8.17. The molecule has 2 aliphatic rings. The first kappa shape index (κ1) is 25.1. The first-order valence-electron chi connectivity index (χ1n) is 12.4. The number of ketones is 1. The quantitative estimate of drug-likeness (QED) is 0.220. The van der Waals surface area contributed by atoms with Gasteiger partial charge in [-0.15, -0.1) is 0 Å². The van der Waals surface area contributed by atoms with E-state index in [0.717, 1.165) is 51.4 Å². The Morgan fingerprint density at radius 2 is 1.97 bits per heavy atom. The van der Waals surface area contributed by atoms with Gasteiger partial charge in [-0.3, -0.25) is 9.59 Å². The number of allylic oxidation sites excluding steroid dienone is 2. The number of unbranched alkanes of at least 4 members (excludes halogenated alkanes) is 5. The van der Waals surface area contributed by atoms with Crippen molar-refractivity contribution in [2.45, 2.75) is 122 Å². The first-order valence-corrected chi connectivity index (χ1v) is 12.4. The van der Waals surface area contributed by atoms with Gasteiger partial charge in [0.15, 0.2) is 0 Å². The maximum absolute atomic E-state index is 12.6. The summed E-state index contributed by atoms with van der Waals surface area (Å²) in [5, 5.41) is 11.1. The third-order valence-corrected chi connectivity index (χ3v) is 7.01. The van der Waals surface area contributed by atoms with Crippen LogP contribution >= 0.6 is 0 Å². The van der Waals surface area contributed by atoms with Gasteiger partial charge in [-0.05, 0) is 70.6 Å². The fourth-order valence-electron chi connectivity index (χ4n) is 5.45. The van der Waals surface area contributed by atoms with E-state index in [1.165, 1.54) is 25.7 Å². The summed E-state index contributed by atoms with van der Waals surface area (Å²) in [7, 11) is 0. The average molecular weight is 421 g/mol. The molecule has 0 spiro atoms. The van der Waals surface area contributed by atoms with Gasteiger partial charge < -0.3 is 9.84 Å². The molecule has 0 aromatic heterocycles. The van der Waals surface area contributed by atoms with Crippen molar-refractivity contribution < 1.29 is 19.4 Å². The standard InChI is InChI=1S/C26H44O4/c1-4-5-6-9-12-16-26(29)17-15-22-21(19-26)18-24(27)23(22)13-10-7-8-11-14-25(28)30-20(2)3/h7,10,20-23,29H,4-6,8-9,11-19H2,1-3H3/t21?,22-,23?,26+/m0/s1. The molecular formula is C26H44O4. The molecule has 172 valence electrons. The Labute approximate surface area is 183 Å². The number of carbonyl (C=O) groups is 2. The lowest BCUT2D eigenvalue weighted by Crippen LogP contribution is -2.38. The number of esters is 1. The fraction of sp³-hybridized carbons (Fsp3) is 0.846. The first-order chi connectivity index (χ1) is 14.3. The highest BCUT2D eigenvalue weighted by Crippen LogP contribution is 2.49. The van der Waals surface area contributed by atoms with E-state index in [4.69, 9.17) is 4.74 Å². The second-order valence-electron chi connectivity index (χ2n) is 9.97. The van der Waals surface area contributed by atoms with Gasteiger partial charge in [-0.25, -0.2) is 0 Å². The van der Waals surface area contributed by atoms with Gasteiger partial charge in [0.1, 0.15) is 5.78 Å². The Balaban J connectivity index is 1.70. The fourth-order valence-corrected chi connectivity index (χ4v) is 5.45. The van der Waals surface area contributed by atoms with E-state index in [0.29, 0.717) is 30.5 Å². The Morgan fingerprint density at radius 3 is 2.70 bits per heavy atom. The van der Waals surface area contributed by atoms with Crippen molar-refractivity contribution in [3.8, 4) is 0 Å². The Bertz CT molecular complexity index is 567. The summed E-state index contributed by atoms with van der Waals surface area (Å²) in [5.74, 6) is 1.21. The van der Waals surface area contributed by atoms with E-state index in [1.807, 2.05) is 13.8 Å². The molecule has 0 radical (unpaired) electrons. The number of ether oxygens (including phenoxy) is 1. The van der Waals surface area contributed by atoms with Crippen molar-refractivity contribution in [2.75, 3.05) is 0 Å². The molecule has 2 saturated carbocycles. The summed E-state index contributed by atoms with van der Waals surface area (Å²) >= 11 is 0. The summed E-state index contributed by atoms with van der Waals surface area (Å²) < 4.78 is 5.14. The lowest BCUT2D eigenvalue weighted by atomic mass is 9.69. The highest BCUT2D eigenvalue weighted by Gasteiger charge is 2.48. The molecule has 2 aliphatic carbocycles. The van der Waals surface area contributed by atoms with Crippen LogP contribution in [-0.4, -0.2) is 28.6 Å². The SMILES string of the molecule is CCCCCCC[C@@]1(O)CC[C@H]2C(CC(=O)C2CC=CCCCC(=O)OC(C)C)C1. The van der Waals surface area contributed by atoms with Gasteiger partial charge in [0.2, 0.25) is 0 Å². The van der Waals surface area contributed by atoms with Gasteiger partial charge in [-0.1, -0.05) is 51.2 Å². The molecule has 0 heterocycles. The molecule has 0 aromatic carbocycles. The van der Waals surface area contributed by atoms with Gasteiger partial charge in [0.25, 0.3) is 0 Å². The topological polar surface area (TPSA) is 63.6 Å². The molecular weight excluding hydrogens is 376 g/mol. The number of hydrogen-bond acceptors (Lipinski definition) is 4. The van der Waals surface area contributed by atoms with Crippen molar-refractivity contribution in [3.05, 3.63) is 12.2 Å². The van der Waals surface area contributed by atoms with Crippen LogP contribution in [-0.2, 0) is 14.3 Å². The van der Waals surface area contributed by atoms with E-state index >= 15 is 0 Å². The minimum Gasteiger partial charge on any atom is -0.463 e. The van der Waals surface area contributed by atoms with Gasteiger partial charge in [-0.2, -0.15) is 0 Å². The molecule has 4 nitrogen and oxygen atoms in total. The molecule has 4 atom stereocenters. The molecule has 2 fully saturated rings. The zero-order valence-corrected chi connectivity index (χ0v) is 19.5. The van der Waals surface area contributed by atoms with Crippen molar-refractivity contribution >= 4 is 11.8 Å². The van der Waals surface area contributed by atoms with Crippen molar-refractivity contribution in [1.29, 1.82) is 0 Å². The maximum Gasteiger partial charge on any atom is 0.306 e. The highest BCUT2D eigenvalue weighted by molar-refractivity contribution is 5.84. The van der Waals surface area contributed by atoms with Crippen LogP contribution in [0.5, 0.6) is 0 Å². The molecule has 2 rings (SSSR count). The molecule has 0 bridgehead atoms. The van der Waals surface area contributed by atoms with E-state index in [9.17, 15) is 14.7 Å². The number of rotatable bonds is 13. The largest absolute Gasteiger partial charge is 0.463 e. The molecule has 0 amide bonds. The summed E-state index contributed by atoms with van der Waals surface area (Å²) in [4.78, 5) is 24.2. The highest BCUT2D eigenvalue weighted by atomic mass is 16.5. The number of fused-ring (bicyclic) bond motifs is 1. The number of Topliss-reactive ketones (excluding diaryl/α,β-unsaturated/α-hetero) is 1. The molecule has 30 heavy (non-hydrogen) atoms. The summed E-state index contributed by atoms with van der Waals surface area (Å²) in [6.07, 6.45) is 17.4. The molecule has 2 unspecified atom stereocenters. The zero-order chi connectivity index (χ0) is 22.0. The third-order valence-electron chi connectivity index (χ3n) is 7.01. The van der Waals surface area contributed by atoms with Gasteiger partial charge >= 0.3 is 5.97 Å². The van der Waals surface area contributed by atoms with Gasteiger partial charge in [0.05, 0.1) is 11.7 Å². The Morgan fingerprint density at radius 1 is 1.20 bits per heavy atom. The number of aliphatic hydroxyl groups is 1. The summed E-state index contributed by atoms with van der Waals surface area (Å²) in [5.41, 5.74) is -0.539. The molecule has 4 heteroatoms. The van der Waals surface area contributed by atoms with Crippen LogP contribution in [0, 0.1) is 17.8 Å². The Hall–Kier alpha value is -1.16. The normalized spacial score (nSPS) is 29.0. The lowest BCUT2D eigenvalue weighted by Gasteiger charge is -2.40. The van der Waals surface area contributed by atoms with Crippen LogP contribution in [0.4, 0.5) is 0 Å². The number of hydrogen-bond donors (Lipinski definition) is 1. The van der Waals surface area contributed by atoms with Gasteiger partial charge in [0, 0.05) is 18.8 Å². The van der Waals surface area contributed by atoms with Crippen molar-refractivity contribution in [2.24, 2.45) is 17.8 Å². The lowest BCUT2D eigenvalue weighted by molar-refractivity contribution is -0.147. The summed E-state index contributed by atoms with van der Waals surface area (Å²) in [6.45, 7) is 5.95. The van der Waals surface area contributed by atoms with Crippen LogP contribution < -0.4 is 0 Å². The monoisotopic (exact) mass is 420 g/mol. The van der Waals surface area contributed by atoms with E-state index in [1.54, 1.807) is 0 Å². The minimum absolute atomic E-state index is 0.0522. The second-order valence-corrected chi connectivity index (χ2v) is 9.97. The smallest absolute Gasteiger partial charge is 0.306 e. The molecule has 0 saturated heterocycles. The van der Waals surface area contributed by atoms with Crippen LogP contribution in [0.2, 0.25) is 0 Å². The van der Waals surface area contributed by atoms with E-state index < -0.39 is 5.60 Å². The van der Waals surface area contributed by atoms with E-state index in [-0.39, 0.29) is 18.0 Å². The predicted molar refractivity (Wildman–Crippen MR) is 121 cm³/mol. The van der Waals surface area contributed by atoms with Crippen molar-refractivity contribution in [3.63, 3.8) is 0 Å². The van der Waals surface area contributed by atoms with Crippen LogP contribution in [0.25, 0.3) is 0 Å². The maximum atomic E-state index is 12.6. The molecule has 0 aliphatic heterocycles. The minimum atomic E-state index is -0.539. The van der Waals surface area contributed by atoms with Crippen molar-refractivity contribution in [1.82, 2.24) is 0 Å². The van der Waals surface area contributed by atoms with Crippen LogP contribution in [0.1, 0.15) is 111 Å². The van der Waals surface area contributed by atoms with Crippen LogP contribution in [0.15, 0.2) is 12.2 Å². The predicted octanol–water partition coefficient (Wildman–Crippen LogP) is 6.15. The Kier molecular flexibility index (Phi) is 10.6. The average Bonchev–Trinajstić information content (AvgIpc) is 2.97. The van der Waals surface area contributed by atoms with Crippen LogP contribution in [0.3, 0.4) is 0 Å². The molecule has 1 N–H and O–H groups in total. The summed E-state index contributed by atoms with van der Waals surface area (Å²) in [6, 6.07) is 0.